The molecule has 100 valence electrons. The molecule has 18 heavy (non-hydrogen) atoms. The number of hydrogen-bond donors (Lipinski definition) is 3. The molecule has 0 heterocycles. The van der Waals surface area contributed by atoms with Gasteiger partial charge in [0.2, 0.25) is 0 Å². The number of rotatable bonds is 5. The Hall–Kier alpha value is -1.69. The van der Waals surface area contributed by atoms with Crippen molar-refractivity contribution in [3.8, 4) is 0 Å². The van der Waals surface area contributed by atoms with E-state index in [1.165, 1.54) is 0 Å². The fourth-order valence-corrected chi connectivity index (χ4v) is 1.37. The molecule has 0 aliphatic carbocycles. The fraction of sp³-hybridized carbons (Fsp3) is 0.417. The van der Waals surface area contributed by atoms with Crippen molar-refractivity contribution >= 4 is 6.03 Å². The maximum atomic E-state index is 13.2. The van der Waals surface area contributed by atoms with E-state index >= 15 is 0 Å². The van der Waals surface area contributed by atoms with Gasteiger partial charge in [0.25, 0.3) is 0 Å². The van der Waals surface area contributed by atoms with E-state index in [-0.39, 0.29) is 31.2 Å². The van der Waals surface area contributed by atoms with Crippen LogP contribution in [0, 0.1) is 11.6 Å². The van der Waals surface area contributed by atoms with Crippen molar-refractivity contribution in [1.82, 2.24) is 10.6 Å². The Morgan fingerprint density at radius 3 is 2.83 bits per heavy atom. The largest absolute Gasteiger partial charge is 0.394 e. The predicted molar refractivity (Wildman–Crippen MR) is 63.1 cm³/mol. The molecule has 0 aliphatic heterocycles. The van der Waals surface area contributed by atoms with Crippen molar-refractivity contribution in [1.29, 1.82) is 0 Å². The molecule has 0 aliphatic rings. The van der Waals surface area contributed by atoms with E-state index in [2.05, 4.69) is 10.6 Å². The summed E-state index contributed by atoms with van der Waals surface area (Å²) in [5, 5.41) is 13.7. The molecule has 1 rings (SSSR count). The van der Waals surface area contributed by atoms with Crippen LogP contribution in [0.2, 0.25) is 0 Å². The minimum absolute atomic E-state index is 0.161. The molecule has 1 atom stereocenters. The van der Waals surface area contributed by atoms with E-state index < -0.39 is 17.7 Å². The third-order valence-corrected chi connectivity index (χ3v) is 2.34. The molecule has 0 saturated carbocycles. The van der Waals surface area contributed by atoms with Crippen LogP contribution in [0.15, 0.2) is 18.2 Å². The summed E-state index contributed by atoms with van der Waals surface area (Å²) in [6.45, 7) is 1.67. The lowest BCUT2D eigenvalue weighted by Crippen LogP contribution is -2.42. The van der Waals surface area contributed by atoms with Crippen LogP contribution >= 0.6 is 0 Å². The van der Waals surface area contributed by atoms with Gasteiger partial charge in [-0.15, -0.1) is 0 Å². The molecule has 6 heteroatoms. The number of halogens is 2. The second-order valence-electron chi connectivity index (χ2n) is 3.97. The van der Waals surface area contributed by atoms with Crippen LogP contribution in [0.4, 0.5) is 13.6 Å². The standard InChI is InChI=1S/C12H16F2N2O2/c1-8(7-17)16-12(18)15-5-4-9-6-10(13)2-3-11(9)14/h2-3,6,8,17H,4-5,7H2,1H3,(H2,15,16,18). The maximum absolute atomic E-state index is 13.2. The topological polar surface area (TPSA) is 61.4 Å². The van der Waals surface area contributed by atoms with Gasteiger partial charge < -0.3 is 15.7 Å². The zero-order valence-corrected chi connectivity index (χ0v) is 10.0. The first-order chi connectivity index (χ1) is 8.52. The van der Waals surface area contributed by atoms with Crippen molar-refractivity contribution in [3.63, 3.8) is 0 Å². The second kappa shape index (κ2) is 6.90. The summed E-state index contributed by atoms with van der Waals surface area (Å²) in [6, 6.07) is 2.40. The summed E-state index contributed by atoms with van der Waals surface area (Å²) in [6.07, 6.45) is 0.199. The van der Waals surface area contributed by atoms with Gasteiger partial charge in [-0.05, 0) is 37.1 Å². The van der Waals surface area contributed by atoms with Gasteiger partial charge in [0.1, 0.15) is 11.6 Å². The molecular weight excluding hydrogens is 242 g/mol. The summed E-state index contributed by atoms with van der Waals surface area (Å²) >= 11 is 0. The molecule has 1 aromatic carbocycles. The lowest BCUT2D eigenvalue weighted by molar-refractivity contribution is 0.220. The van der Waals surface area contributed by atoms with Crippen molar-refractivity contribution in [2.24, 2.45) is 0 Å². The molecule has 0 bridgehead atoms. The first kappa shape index (κ1) is 14.4. The lowest BCUT2D eigenvalue weighted by atomic mass is 10.1. The van der Waals surface area contributed by atoms with E-state index in [9.17, 15) is 13.6 Å². The highest BCUT2D eigenvalue weighted by molar-refractivity contribution is 5.74. The number of aliphatic hydroxyl groups is 1. The Labute approximate surface area is 104 Å². The summed E-state index contributed by atoms with van der Waals surface area (Å²) < 4.78 is 26.1. The molecule has 1 unspecified atom stereocenters. The fourth-order valence-electron chi connectivity index (χ4n) is 1.37. The zero-order valence-electron chi connectivity index (χ0n) is 10.0. The SMILES string of the molecule is CC(CO)NC(=O)NCCc1cc(F)ccc1F. The molecule has 1 aromatic rings. The van der Waals surface area contributed by atoms with Gasteiger partial charge in [0.05, 0.1) is 12.6 Å². The summed E-state index contributed by atoms with van der Waals surface area (Å²) in [5.41, 5.74) is 0.213. The van der Waals surface area contributed by atoms with Crippen LogP contribution < -0.4 is 10.6 Å². The molecule has 0 spiro atoms. The number of nitrogens with one attached hydrogen (secondary N) is 2. The first-order valence-electron chi connectivity index (χ1n) is 5.62. The normalized spacial score (nSPS) is 12.0. The van der Waals surface area contributed by atoms with Crippen molar-refractivity contribution in [2.45, 2.75) is 19.4 Å². The molecule has 0 saturated heterocycles. The molecule has 2 amide bonds. The van der Waals surface area contributed by atoms with E-state index in [1.807, 2.05) is 0 Å². The van der Waals surface area contributed by atoms with Crippen LogP contribution in [0.25, 0.3) is 0 Å². The van der Waals surface area contributed by atoms with Crippen LogP contribution in [0.5, 0.6) is 0 Å². The third kappa shape index (κ3) is 4.67. The highest BCUT2D eigenvalue weighted by atomic mass is 19.1. The number of amides is 2. The highest BCUT2D eigenvalue weighted by Gasteiger charge is 2.07. The molecule has 4 nitrogen and oxygen atoms in total. The minimum atomic E-state index is -0.509. The van der Waals surface area contributed by atoms with Gasteiger partial charge in [-0.1, -0.05) is 0 Å². The van der Waals surface area contributed by atoms with E-state index in [1.54, 1.807) is 6.92 Å². The van der Waals surface area contributed by atoms with Gasteiger partial charge >= 0.3 is 6.03 Å². The number of aliphatic hydroxyl groups excluding tert-OH is 1. The number of hydrogen-bond acceptors (Lipinski definition) is 2. The number of benzene rings is 1. The molecule has 0 fully saturated rings. The van der Waals surface area contributed by atoms with Crippen LogP contribution in [0.3, 0.4) is 0 Å². The Bertz CT molecular complexity index is 413. The van der Waals surface area contributed by atoms with Gasteiger partial charge in [-0.25, -0.2) is 13.6 Å². The second-order valence-corrected chi connectivity index (χ2v) is 3.97. The molecule has 0 aromatic heterocycles. The molecular formula is C12H16F2N2O2. The summed E-state index contributed by atoms with van der Waals surface area (Å²) in [5.74, 6) is -1.01. The van der Waals surface area contributed by atoms with E-state index in [0.717, 1.165) is 18.2 Å². The zero-order chi connectivity index (χ0) is 13.5. The van der Waals surface area contributed by atoms with Crippen molar-refractivity contribution in [2.75, 3.05) is 13.2 Å². The Morgan fingerprint density at radius 2 is 2.17 bits per heavy atom. The van der Waals surface area contributed by atoms with Crippen molar-refractivity contribution < 1.29 is 18.7 Å². The smallest absolute Gasteiger partial charge is 0.315 e. The predicted octanol–water partition coefficient (Wildman–Crippen LogP) is 1.19. The highest BCUT2D eigenvalue weighted by Crippen LogP contribution is 2.09. The summed E-state index contributed by atoms with van der Waals surface area (Å²) in [4.78, 5) is 11.3. The summed E-state index contributed by atoms with van der Waals surface area (Å²) in [7, 11) is 0. The lowest BCUT2D eigenvalue weighted by Gasteiger charge is -2.12. The van der Waals surface area contributed by atoms with Crippen LogP contribution in [0.1, 0.15) is 12.5 Å². The van der Waals surface area contributed by atoms with Gasteiger partial charge in [0.15, 0.2) is 0 Å². The third-order valence-electron chi connectivity index (χ3n) is 2.34. The molecule has 3 N–H and O–H groups in total. The average molecular weight is 258 g/mol. The van der Waals surface area contributed by atoms with Crippen LogP contribution in [-0.2, 0) is 6.42 Å². The van der Waals surface area contributed by atoms with Crippen molar-refractivity contribution in [3.05, 3.63) is 35.4 Å². The Morgan fingerprint density at radius 1 is 1.44 bits per heavy atom. The van der Waals surface area contributed by atoms with Crippen LogP contribution in [-0.4, -0.2) is 30.3 Å². The van der Waals surface area contributed by atoms with Gasteiger partial charge in [0, 0.05) is 6.54 Å². The first-order valence-corrected chi connectivity index (χ1v) is 5.62. The van der Waals surface area contributed by atoms with E-state index in [0.29, 0.717) is 0 Å². The quantitative estimate of drug-likeness (QED) is 0.743. The monoisotopic (exact) mass is 258 g/mol. The maximum Gasteiger partial charge on any atom is 0.315 e. The molecule has 0 radical (unpaired) electrons. The van der Waals surface area contributed by atoms with E-state index in [4.69, 9.17) is 5.11 Å². The minimum Gasteiger partial charge on any atom is -0.394 e. The number of carbonyl (C=O) groups is 1. The Kier molecular flexibility index (Phi) is 5.51. The number of carbonyl (C=O) groups excluding carboxylic acids is 1. The average Bonchev–Trinajstić information content (AvgIpc) is 2.33. The van der Waals surface area contributed by atoms with Gasteiger partial charge in [-0.3, -0.25) is 0 Å². The number of urea groups is 1. The Balaban J connectivity index is 2.37. The van der Waals surface area contributed by atoms with Gasteiger partial charge in [-0.2, -0.15) is 0 Å².